The first-order chi connectivity index (χ1) is 5.68. The van der Waals surface area contributed by atoms with Gasteiger partial charge in [0.1, 0.15) is 6.10 Å². The standard InChI is InChI=1S/C8H17BrO3/c1-7(10)8(11)6-12-5-3-2-4-9/h7-8,10-11H,2-6H2,1H3. The van der Waals surface area contributed by atoms with E-state index in [1.165, 1.54) is 0 Å². The average Bonchev–Trinajstić information content (AvgIpc) is 2.03. The molecule has 0 radical (unpaired) electrons. The number of aliphatic hydroxyl groups is 2. The molecule has 3 nitrogen and oxygen atoms in total. The van der Waals surface area contributed by atoms with Crippen LogP contribution in [0.15, 0.2) is 0 Å². The summed E-state index contributed by atoms with van der Waals surface area (Å²) in [6.45, 7) is 2.42. The molecule has 12 heavy (non-hydrogen) atoms. The van der Waals surface area contributed by atoms with Gasteiger partial charge in [0.25, 0.3) is 0 Å². The van der Waals surface area contributed by atoms with E-state index in [1.54, 1.807) is 6.92 Å². The Balaban J connectivity index is 3.08. The highest BCUT2D eigenvalue weighted by Crippen LogP contribution is 1.97. The fourth-order valence-electron chi connectivity index (χ4n) is 0.642. The number of hydrogen-bond acceptors (Lipinski definition) is 3. The summed E-state index contributed by atoms with van der Waals surface area (Å²) in [5, 5.41) is 19.0. The Morgan fingerprint density at radius 1 is 1.33 bits per heavy atom. The van der Waals surface area contributed by atoms with Gasteiger partial charge in [-0.05, 0) is 19.8 Å². The predicted octanol–water partition coefficient (Wildman–Crippen LogP) is 0.920. The van der Waals surface area contributed by atoms with Crippen LogP contribution in [0.3, 0.4) is 0 Å². The van der Waals surface area contributed by atoms with E-state index in [1.807, 2.05) is 0 Å². The molecule has 4 heteroatoms. The molecule has 0 fully saturated rings. The third-order valence-corrected chi connectivity index (χ3v) is 2.08. The highest BCUT2D eigenvalue weighted by Gasteiger charge is 2.09. The number of rotatable bonds is 7. The van der Waals surface area contributed by atoms with E-state index in [0.29, 0.717) is 6.61 Å². The number of unbranched alkanes of at least 4 members (excludes halogenated alkanes) is 1. The molecule has 0 aromatic rings. The molecule has 0 aliphatic heterocycles. The Bertz CT molecular complexity index is 98.3. The van der Waals surface area contributed by atoms with Crippen LogP contribution in [0.25, 0.3) is 0 Å². The predicted molar refractivity (Wildman–Crippen MR) is 51.5 cm³/mol. The lowest BCUT2D eigenvalue weighted by atomic mass is 10.2. The van der Waals surface area contributed by atoms with Crippen LogP contribution in [0.1, 0.15) is 19.8 Å². The molecule has 0 aliphatic carbocycles. The van der Waals surface area contributed by atoms with Crippen molar-refractivity contribution >= 4 is 15.9 Å². The van der Waals surface area contributed by atoms with Gasteiger partial charge in [-0.2, -0.15) is 0 Å². The smallest absolute Gasteiger partial charge is 0.103 e. The Morgan fingerprint density at radius 3 is 2.50 bits per heavy atom. The quantitative estimate of drug-likeness (QED) is 0.514. The summed E-state index contributed by atoms with van der Waals surface area (Å²) in [6, 6.07) is 0. The maximum Gasteiger partial charge on any atom is 0.103 e. The van der Waals surface area contributed by atoms with Gasteiger partial charge in [0.15, 0.2) is 0 Å². The van der Waals surface area contributed by atoms with Crippen molar-refractivity contribution < 1.29 is 14.9 Å². The van der Waals surface area contributed by atoms with Crippen LogP contribution in [-0.2, 0) is 4.74 Å². The minimum absolute atomic E-state index is 0.222. The molecule has 0 rings (SSSR count). The zero-order valence-corrected chi connectivity index (χ0v) is 8.96. The van der Waals surface area contributed by atoms with Crippen molar-refractivity contribution in [2.24, 2.45) is 0 Å². The maximum atomic E-state index is 9.10. The summed E-state index contributed by atoms with van der Waals surface area (Å²) < 4.78 is 5.13. The SMILES string of the molecule is CC(O)C(O)COCCCCBr. The number of hydrogen-bond donors (Lipinski definition) is 2. The fraction of sp³-hybridized carbons (Fsp3) is 1.00. The van der Waals surface area contributed by atoms with Crippen molar-refractivity contribution in [3.8, 4) is 0 Å². The lowest BCUT2D eigenvalue weighted by molar-refractivity contribution is -0.0307. The van der Waals surface area contributed by atoms with E-state index in [-0.39, 0.29) is 6.61 Å². The molecule has 0 aliphatic rings. The lowest BCUT2D eigenvalue weighted by Crippen LogP contribution is -2.27. The Kier molecular flexibility index (Phi) is 8.22. The molecule has 0 aromatic carbocycles. The molecule has 0 spiro atoms. The van der Waals surface area contributed by atoms with E-state index < -0.39 is 12.2 Å². The van der Waals surface area contributed by atoms with Crippen LogP contribution in [0.2, 0.25) is 0 Å². The van der Waals surface area contributed by atoms with E-state index >= 15 is 0 Å². The fourth-order valence-corrected chi connectivity index (χ4v) is 1.04. The second-order valence-corrected chi connectivity index (χ2v) is 3.57. The molecule has 0 bridgehead atoms. The summed E-state index contributed by atoms with van der Waals surface area (Å²) in [4.78, 5) is 0. The summed E-state index contributed by atoms with van der Waals surface area (Å²) in [5.74, 6) is 0. The van der Waals surface area contributed by atoms with Gasteiger partial charge in [-0.15, -0.1) is 0 Å². The van der Waals surface area contributed by atoms with Crippen LogP contribution < -0.4 is 0 Å². The van der Waals surface area contributed by atoms with Crippen molar-refractivity contribution in [3.63, 3.8) is 0 Å². The number of halogens is 1. The molecule has 0 saturated heterocycles. The maximum absolute atomic E-state index is 9.10. The van der Waals surface area contributed by atoms with Gasteiger partial charge in [-0.25, -0.2) is 0 Å². The van der Waals surface area contributed by atoms with Gasteiger partial charge in [-0.1, -0.05) is 15.9 Å². The van der Waals surface area contributed by atoms with Crippen LogP contribution in [0, 0.1) is 0 Å². The third kappa shape index (κ3) is 7.03. The van der Waals surface area contributed by atoms with Gasteiger partial charge < -0.3 is 14.9 Å². The highest BCUT2D eigenvalue weighted by atomic mass is 79.9. The third-order valence-electron chi connectivity index (χ3n) is 1.52. The van der Waals surface area contributed by atoms with E-state index in [4.69, 9.17) is 14.9 Å². The van der Waals surface area contributed by atoms with E-state index in [9.17, 15) is 0 Å². The van der Waals surface area contributed by atoms with Crippen LogP contribution >= 0.6 is 15.9 Å². The summed E-state index contributed by atoms with van der Waals surface area (Å²) in [5.41, 5.74) is 0. The van der Waals surface area contributed by atoms with Crippen LogP contribution in [-0.4, -0.2) is 41.0 Å². The number of ether oxygens (including phenoxy) is 1. The van der Waals surface area contributed by atoms with Crippen molar-refractivity contribution in [3.05, 3.63) is 0 Å². The van der Waals surface area contributed by atoms with Crippen molar-refractivity contribution in [1.82, 2.24) is 0 Å². The van der Waals surface area contributed by atoms with Crippen LogP contribution in [0.5, 0.6) is 0 Å². The molecule has 2 atom stereocenters. The van der Waals surface area contributed by atoms with Gasteiger partial charge >= 0.3 is 0 Å². The molecule has 74 valence electrons. The molecule has 0 heterocycles. The lowest BCUT2D eigenvalue weighted by Gasteiger charge is -2.13. The largest absolute Gasteiger partial charge is 0.391 e. The monoisotopic (exact) mass is 240 g/mol. The second-order valence-electron chi connectivity index (χ2n) is 2.78. The first-order valence-corrected chi connectivity index (χ1v) is 5.30. The summed E-state index contributed by atoms with van der Waals surface area (Å²) in [7, 11) is 0. The minimum atomic E-state index is -0.756. The summed E-state index contributed by atoms with van der Waals surface area (Å²) >= 11 is 3.31. The van der Waals surface area contributed by atoms with Crippen LogP contribution in [0.4, 0.5) is 0 Å². The first-order valence-electron chi connectivity index (χ1n) is 4.18. The summed E-state index contributed by atoms with van der Waals surface area (Å²) in [6.07, 6.45) is 0.595. The van der Waals surface area contributed by atoms with Gasteiger partial charge in [-0.3, -0.25) is 0 Å². The molecule has 0 amide bonds. The molecule has 0 aromatic heterocycles. The molecule has 2 unspecified atom stereocenters. The number of aliphatic hydroxyl groups excluding tert-OH is 2. The Morgan fingerprint density at radius 2 is 2.00 bits per heavy atom. The van der Waals surface area contributed by atoms with E-state index in [2.05, 4.69) is 15.9 Å². The first kappa shape index (κ1) is 12.4. The second kappa shape index (κ2) is 7.98. The number of alkyl halides is 1. The minimum Gasteiger partial charge on any atom is -0.391 e. The average molecular weight is 241 g/mol. The van der Waals surface area contributed by atoms with Gasteiger partial charge in [0.05, 0.1) is 12.7 Å². The molecule has 2 N–H and O–H groups in total. The van der Waals surface area contributed by atoms with Crippen molar-refractivity contribution in [2.45, 2.75) is 32.0 Å². The van der Waals surface area contributed by atoms with E-state index in [0.717, 1.165) is 18.2 Å². The zero-order chi connectivity index (χ0) is 9.40. The Hall–Kier alpha value is 0.360. The molecule has 0 saturated carbocycles. The zero-order valence-electron chi connectivity index (χ0n) is 7.37. The normalized spacial score (nSPS) is 16.0. The highest BCUT2D eigenvalue weighted by molar-refractivity contribution is 9.09. The van der Waals surface area contributed by atoms with Gasteiger partial charge in [0, 0.05) is 11.9 Å². The van der Waals surface area contributed by atoms with Gasteiger partial charge in [0.2, 0.25) is 0 Å². The van der Waals surface area contributed by atoms with Crippen molar-refractivity contribution in [2.75, 3.05) is 18.5 Å². The Labute approximate surface area is 81.9 Å². The van der Waals surface area contributed by atoms with Crippen molar-refractivity contribution in [1.29, 1.82) is 0 Å². The molecular formula is C8H17BrO3. The molecular weight excluding hydrogens is 224 g/mol. The topological polar surface area (TPSA) is 49.7 Å².